The van der Waals surface area contributed by atoms with Crippen molar-refractivity contribution in [3.8, 4) is 11.5 Å². The van der Waals surface area contributed by atoms with Gasteiger partial charge in [0.1, 0.15) is 25.3 Å². The lowest BCUT2D eigenvalue weighted by molar-refractivity contribution is 0.0945. The minimum atomic E-state index is -0.282. The number of aromatic nitrogens is 4. The predicted octanol–water partition coefficient (Wildman–Crippen LogP) is 2.33. The van der Waals surface area contributed by atoms with Crippen LogP contribution in [0.25, 0.3) is 11.0 Å². The number of benzene rings is 1. The molecule has 0 spiro atoms. The average molecular weight is 463 g/mol. The number of carbonyl (C=O) groups excluding carboxylic acids is 1. The van der Waals surface area contributed by atoms with Crippen LogP contribution < -0.4 is 20.1 Å². The molecule has 0 aliphatic carbocycles. The van der Waals surface area contributed by atoms with Crippen LogP contribution in [0.3, 0.4) is 0 Å². The zero-order valence-electron chi connectivity index (χ0n) is 18.9. The normalized spacial score (nSPS) is 12.7. The number of nitrogens with zero attached hydrogens (tertiary/aromatic N) is 3. The lowest BCUT2D eigenvalue weighted by atomic mass is 10.2. The van der Waals surface area contributed by atoms with Crippen LogP contribution in [0, 0.1) is 6.92 Å². The molecule has 0 saturated heterocycles. The third kappa shape index (κ3) is 5.01. The van der Waals surface area contributed by atoms with Crippen LogP contribution in [-0.4, -0.2) is 52.1 Å². The molecule has 176 valence electrons. The number of carbonyl (C=O) groups is 1. The number of imidazole rings is 1. The van der Waals surface area contributed by atoms with E-state index >= 15 is 0 Å². The second-order valence-electron chi connectivity index (χ2n) is 8.02. The molecule has 0 fully saturated rings. The molecular weight excluding hydrogens is 436 g/mol. The van der Waals surface area contributed by atoms with E-state index in [0.29, 0.717) is 38.6 Å². The van der Waals surface area contributed by atoms with Crippen molar-refractivity contribution in [1.29, 1.82) is 0 Å². The Bertz CT molecular complexity index is 1250. The fourth-order valence-electron chi connectivity index (χ4n) is 3.73. The number of pyridine rings is 1. The molecule has 4 aromatic rings. The highest BCUT2D eigenvalue weighted by Crippen LogP contribution is 2.33. The van der Waals surface area contributed by atoms with E-state index in [2.05, 4.69) is 30.6 Å². The molecule has 10 nitrogen and oxygen atoms in total. The summed E-state index contributed by atoms with van der Waals surface area (Å²) in [5, 5.41) is 6.18. The number of aromatic amines is 1. The van der Waals surface area contributed by atoms with Gasteiger partial charge in [0.05, 0.1) is 23.3 Å². The molecule has 0 bridgehead atoms. The van der Waals surface area contributed by atoms with Crippen molar-refractivity contribution in [2.24, 2.45) is 0 Å². The number of nitrogens with one attached hydrogen (secondary N) is 3. The van der Waals surface area contributed by atoms with Gasteiger partial charge in [-0.1, -0.05) is 6.07 Å². The van der Waals surface area contributed by atoms with Gasteiger partial charge in [0.15, 0.2) is 23.1 Å². The number of oxazole rings is 1. The van der Waals surface area contributed by atoms with Crippen LogP contribution in [0.5, 0.6) is 11.5 Å². The summed E-state index contributed by atoms with van der Waals surface area (Å²) < 4.78 is 16.7. The zero-order chi connectivity index (χ0) is 23.3. The first kappa shape index (κ1) is 21.9. The fourth-order valence-corrected chi connectivity index (χ4v) is 3.73. The van der Waals surface area contributed by atoms with Crippen molar-refractivity contribution in [1.82, 2.24) is 30.6 Å². The summed E-state index contributed by atoms with van der Waals surface area (Å²) in [6.07, 6.45) is 4.42. The molecule has 34 heavy (non-hydrogen) atoms. The second kappa shape index (κ2) is 9.92. The highest BCUT2D eigenvalue weighted by atomic mass is 16.6. The molecule has 1 aliphatic rings. The van der Waals surface area contributed by atoms with Crippen molar-refractivity contribution in [3.63, 3.8) is 0 Å². The van der Waals surface area contributed by atoms with Crippen LogP contribution in [-0.2, 0) is 19.4 Å². The molecule has 0 unspecified atom stereocenters. The summed E-state index contributed by atoms with van der Waals surface area (Å²) in [4.78, 5) is 28.9. The number of rotatable bonds is 9. The maximum absolute atomic E-state index is 12.3. The predicted molar refractivity (Wildman–Crippen MR) is 124 cm³/mol. The summed E-state index contributed by atoms with van der Waals surface area (Å²) in [5.41, 5.74) is 3.92. The van der Waals surface area contributed by atoms with Gasteiger partial charge in [-0.3, -0.25) is 9.78 Å². The molecule has 5 rings (SSSR count). The van der Waals surface area contributed by atoms with E-state index in [1.165, 1.54) is 6.26 Å². The van der Waals surface area contributed by atoms with Crippen LogP contribution in [0.2, 0.25) is 0 Å². The third-order valence-electron chi connectivity index (χ3n) is 5.57. The van der Waals surface area contributed by atoms with Crippen molar-refractivity contribution >= 4 is 16.9 Å². The largest absolute Gasteiger partial charge is 0.486 e. The molecule has 4 heterocycles. The lowest BCUT2D eigenvalue weighted by Gasteiger charge is -2.17. The quantitative estimate of drug-likeness (QED) is 0.324. The Hall–Kier alpha value is -3.92. The van der Waals surface area contributed by atoms with Crippen LogP contribution in [0.4, 0.5) is 0 Å². The average Bonchev–Trinajstić information content (AvgIpc) is 3.48. The fraction of sp³-hybridized carbons (Fsp3) is 0.333. The molecule has 1 amide bonds. The first-order chi connectivity index (χ1) is 16.7. The SMILES string of the molecule is Cc1cccnc1CNC(=O)c1coc(CCNCCc2nc3cc4c(cc3[nH]2)OCCO4)n1. The highest BCUT2D eigenvalue weighted by molar-refractivity contribution is 5.91. The van der Waals surface area contributed by atoms with Crippen LogP contribution >= 0.6 is 0 Å². The van der Waals surface area contributed by atoms with E-state index in [0.717, 1.165) is 52.6 Å². The molecule has 3 N–H and O–H groups in total. The number of H-pyrrole nitrogens is 1. The molecule has 0 radical (unpaired) electrons. The van der Waals surface area contributed by atoms with Gasteiger partial charge in [-0.2, -0.15) is 0 Å². The lowest BCUT2D eigenvalue weighted by Crippen LogP contribution is -2.24. The molecule has 0 atom stereocenters. The Kier molecular flexibility index (Phi) is 6.39. The summed E-state index contributed by atoms with van der Waals surface area (Å²) in [5.74, 6) is 2.61. The van der Waals surface area contributed by atoms with Crippen molar-refractivity contribution in [2.45, 2.75) is 26.3 Å². The van der Waals surface area contributed by atoms with Crippen molar-refractivity contribution in [3.05, 3.63) is 65.4 Å². The smallest absolute Gasteiger partial charge is 0.273 e. The Balaban J connectivity index is 1.06. The van der Waals surface area contributed by atoms with Gasteiger partial charge in [0.2, 0.25) is 0 Å². The minimum Gasteiger partial charge on any atom is -0.486 e. The molecule has 10 heteroatoms. The molecule has 0 saturated carbocycles. The van der Waals surface area contributed by atoms with Gasteiger partial charge in [-0.15, -0.1) is 0 Å². The Morgan fingerprint density at radius 1 is 1.12 bits per heavy atom. The maximum atomic E-state index is 12.3. The minimum absolute atomic E-state index is 0.265. The van der Waals surface area contributed by atoms with E-state index < -0.39 is 0 Å². The van der Waals surface area contributed by atoms with E-state index in [-0.39, 0.29) is 11.6 Å². The molecule has 1 aliphatic heterocycles. The van der Waals surface area contributed by atoms with Gasteiger partial charge in [0.25, 0.3) is 5.91 Å². The van der Waals surface area contributed by atoms with Gasteiger partial charge in [0, 0.05) is 44.3 Å². The van der Waals surface area contributed by atoms with E-state index in [4.69, 9.17) is 13.9 Å². The van der Waals surface area contributed by atoms with Gasteiger partial charge < -0.3 is 29.5 Å². The van der Waals surface area contributed by atoms with Crippen molar-refractivity contribution < 1.29 is 18.7 Å². The summed E-state index contributed by atoms with van der Waals surface area (Å²) >= 11 is 0. The Labute approximate surface area is 196 Å². The van der Waals surface area contributed by atoms with Gasteiger partial charge >= 0.3 is 0 Å². The van der Waals surface area contributed by atoms with Crippen LogP contribution in [0.1, 0.15) is 33.5 Å². The van der Waals surface area contributed by atoms with Gasteiger partial charge in [-0.25, -0.2) is 9.97 Å². The van der Waals surface area contributed by atoms with Crippen LogP contribution in [0.15, 0.2) is 41.1 Å². The summed E-state index contributed by atoms with van der Waals surface area (Å²) in [6.45, 7) is 4.83. The van der Waals surface area contributed by atoms with Gasteiger partial charge in [-0.05, 0) is 18.6 Å². The Morgan fingerprint density at radius 2 is 1.94 bits per heavy atom. The number of aryl methyl sites for hydroxylation is 1. The molecular formula is C24H26N6O4. The third-order valence-corrected chi connectivity index (χ3v) is 5.57. The molecule has 3 aromatic heterocycles. The maximum Gasteiger partial charge on any atom is 0.273 e. The summed E-state index contributed by atoms with van der Waals surface area (Å²) in [6, 6.07) is 7.67. The van der Waals surface area contributed by atoms with Crippen molar-refractivity contribution in [2.75, 3.05) is 26.3 Å². The first-order valence-corrected chi connectivity index (χ1v) is 11.3. The number of hydrogen-bond acceptors (Lipinski definition) is 8. The number of fused-ring (bicyclic) bond motifs is 2. The first-order valence-electron chi connectivity index (χ1n) is 11.3. The number of amides is 1. The topological polar surface area (TPSA) is 127 Å². The van der Waals surface area contributed by atoms with E-state index in [1.54, 1.807) is 6.20 Å². The Morgan fingerprint density at radius 3 is 2.79 bits per heavy atom. The standard InChI is InChI=1S/C24H26N6O4/c1-15-3-2-6-26-18(15)13-27-24(31)19-14-34-23(30-19)5-8-25-7-4-22-28-16-11-20-21(12-17(16)29-22)33-10-9-32-20/h2-3,6,11-12,14,25H,4-5,7-10,13H2,1H3,(H,27,31)(H,28,29). The van der Waals surface area contributed by atoms with E-state index in [9.17, 15) is 4.79 Å². The number of ether oxygens (including phenoxy) is 2. The monoisotopic (exact) mass is 462 g/mol. The van der Waals surface area contributed by atoms with E-state index in [1.807, 2.05) is 31.2 Å². The molecule has 1 aromatic carbocycles. The zero-order valence-corrected chi connectivity index (χ0v) is 18.9. The number of hydrogen-bond donors (Lipinski definition) is 3. The highest BCUT2D eigenvalue weighted by Gasteiger charge is 2.15. The summed E-state index contributed by atoms with van der Waals surface area (Å²) in [7, 11) is 0. The second-order valence-corrected chi connectivity index (χ2v) is 8.02.